The molecule has 0 aliphatic heterocycles. The maximum absolute atomic E-state index is 10.9. The lowest BCUT2D eigenvalue weighted by molar-refractivity contribution is 0.0701. The molecule has 0 fully saturated rings. The Morgan fingerprint density at radius 1 is 1.33 bits per heavy atom. The van der Waals surface area contributed by atoms with E-state index in [1.807, 2.05) is 30.3 Å². The summed E-state index contributed by atoms with van der Waals surface area (Å²) in [6, 6.07) is 9.88. The van der Waals surface area contributed by atoms with E-state index in [0.717, 1.165) is 15.6 Å². The molecule has 0 aliphatic rings. The molecular formula is C13H12BrNO2S. The number of thiophene rings is 1. The quantitative estimate of drug-likeness (QED) is 0.884. The molecule has 2 rings (SSSR count). The van der Waals surface area contributed by atoms with Crippen LogP contribution < -0.4 is 5.32 Å². The molecule has 0 spiro atoms. The molecule has 0 aliphatic carbocycles. The number of hydrogen-bond donors (Lipinski definition) is 2. The predicted octanol–water partition coefficient (Wildman–Crippen LogP) is 3.50. The van der Waals surface area contributed by atoms with Gasteiger partial charge in [0.1, 0.15) is 4.88 Å². The third-order valence-corrected chi connectivity index (χ3v) is 3.91. The van der Waals surface area contributed by atoms with Crippen LogP contribution in [0.3, 0.4) is 0 Å². The molecular weight excluding hydrogens is 314 g/mol. The maximum atomic E-state index is 10.9. The van der Waals surface area contributed by atoms with Crippen molar-refractivity contribution in [1.82, 2.24) is 5.32 Å². The second-order valence-electron chi connectivity index (χ2n) is 3.81. The van der Waals surface area contributed by atoms with Crippen LogP contribution in [-0.2, 0) is 13.1 Å². The summed E-state index contributed by atoms with van der Waals surface area (Å²) in [6.45, 7) is 1.28. The molecule has 94 valence electrons. The van der Waals surface area contributed by atoms with E-state index in [1.165, 1.54) is 11.3 Å². The number of aromatic carboxylic acids is 1. The number of hydrogen-bond acceptors (Lipinski definition) is 3. The van der Waals surface area contributed by atoms with E-state index in [-0.39, 0.29) is 0 Å². The Labute approximate surface area is 118 Å². The van der Waals surface area contributed by atoms with Gasteiger partial charge in [-0.2, -0.15) is 0 Å². The van der Waals surface area contributed by atoms with E-state index >= 15 is 0 Å². The molecule has 2 aromatic rings. The van der Waals surface area contributed by atoms with Crippen LogP contribution >= 0.6 is 27.3 Å². The largest absolute Gasteiger partial charge is 0.477 e. The molecule has 3 nitrogen and oxygen atoms in total. The Balaban J connectivity index is 1.92. The molecule has 0 saturated heterocycles. The van der Waals surface area contributed by atoms with Crippen molar-refractivity contribution in [2.24, 2.45) is 0 Å². The first kappa shape index (κ1) is 13.3. The van der Waals surface area contributed by atoms with E-state index < -0.39 is 5.97 Å². The number of halogens is 1. The van der Waals surface area contributed by atoms with Gasteiger partial charge in [-0.25, -0.2) is 4.79 Å². The molecule has 1 aromatic carbocycles. The summed E-state index contributed by atoms with van der Waals surface area (Å²) in [5, 5.41) is 14.0. The standard InChI is InChI=1S/C13H12BrNO2S/c14-11-3-1-2-9(6-11)7-15-8-10-4-5-18-12(10)13(16)17/h1-6,15H,7-8H2,(H,16,17). The highest BCUT2D eigenvalue weighted by Gasteiger charge is 2.10. The molecule has 0 atom stereocenters. The molecule has 0 bridgehead atoms. The fraction of sp³-hybridized carbons (Fsp3) is 0.154. The van der Waals surface area contributed by atoms with Crippen LogP contribution in [0.25, 0.3) is 0 Å². The Morgan fingerprint density at radius 3 is 2.89 bits per heavy atom. The fourth-order valence-corrected chi connectivity index (χ4v) is 2.86. The van der Waals surface area contributed by atoms with Gasteiger partial charge in [-0.1, -0.05) is 28.1 Å². The van der Waals surface area contributed by atoms with Crippen LogP contribution in [0.2, 0.25) is 0 Å². The summed E-state index contributed by atoms with van der Waals surface area (Å²) in [7, 11) is 0. The highest BCUT2D eigenvalue weighted by molar-refractivity contribution is 9.10. The first-order valence-electron chi connectivity index (χ1n) is 5.41. The maximum Gasteiger partial charge on any atom is 0.346 e. The van der Waals surface area contributed by atoms with E-state index in [1.54, 1.807) is 5.38 Å². The number of carboxylic acid groups (broad SMARTS) is 1. The second-order valence-corrected chi connectivity index (χ2v) is 5.65. The van der Waals surface area contributed by atoms with Crippen molar-refractivity contribution in [1.29, 1.82) is 0 Å². The molecule has 2 N–H and O–H groups in total. The summed E-state index contributed by atoms with van der Waals surface area (Å²) in [6.07, 6.45) is 0. The SMILES string of the molecule is O=C(O)c1sccc1CNCc1cccc(Br)c1. The Bertz CT molecular complexity index is 553. The summed E-state index contributed by atoms with van der Waals surface area (Å²) in [5.41, 5.74) is 2.00. The summed E-state index contributed by atoms with van der Waals surface area (Å²) in [4.78, 5) is 11.4. The Morgan fingerprint density at radius 2 is 2.17 bits per heavy atom. The molecule has 0 saturated carbocycles. The fourth-order valence-electron chi connectivity index (χ4n) is 1.65. The van der Waals surface area contributed by atoms with Gasteiger partial charge in [-0.15, -0.1) is 11.3 Å². The van der Waals surface area contributed by atoms with E-state index in [0.29, 0.717) is 18.0 Å². The van der Waals surface area contributed by atoms with E-state index in [9.17, 15) is 4.79 Å². The third-order valence-electron chi connectivity index (χ3n) is 2.47. The molecule has 1 heterocycles. The van der Waals surface area contributed by atoms with E-state index in [2.05, 4.69) is 21.2 Å². The van der Waals surface area contributed by atoms with Gasteiger partial charge in [0.05, 0.1) is 0 Å². The lowest BCUT2D eigenvalue weighted by atomic mass is 10.2. The van der Waals surface area contributed by atoms with Crippen LogP contribution in [0.4, 0.5) is 0 Å². The van der Waals surface area contributed by atoms with Crippen LogP contribution in [0.5, 0.6) is 0 Å². The van der Waals surface area contributed by atoms with Gasteiger partial charge >= 0.3 is 5.97 Å². The third kappa shape index (κ3) is 3.41. The second kappa shape index (κ2) is 6.13. The first-order chi connectivity index (χ1) is 8.66. The number of carbonyl (C=O) groups is 1. The summed E-state index contributed by atoms with van der Waals surface area (Å²) < 4.78 is 1.04. The average Bonchev–Trinajstić information content (AvgIpc) is 2.77. The number of benzene rings is 1. The molecule has 0 amide bonds. The monoisotopic (exact) mass is 325 g/mol. The summed E-state index contributed by atoms with van der Waals surface area (Å²) in [5.74, 6) is -0.857. The highest BCUT2D eigenvalue weighted by Crippen LogP contribution is 2.17. The van der Waals surface area contributed by atoms with Gasteiger partial charge in [-0.05, 0) is 34.7 Å². The van der Waals surface area contributed by atoms with E-state index in [4.69, 9.17) is 5.11 Å². The molecule has 5 heteroatoms. The molecule has 18 heavy (non-hydrogen) atoms. The van der Waals surface area contributed by atoms with Gasteiger partial charge < -0.3 is 10.4 Å². The lowest BCUT2D eigenvalue weighted by Crippen LogP contribution is -2.14. The average molecular weight is 326 g/mol. The highest BCUT2D eigenvalue weighted by atomic mass is 79.9. The van der Waals surface area contributed by atoms with Gasteiger partial charge in [0.15, 0.2) is 0 Å². The number of rotatable bonds is 5. The zero-order valence-electron chi connectivity index (χ0n) is 9.52. The van der Waals surface area contributed by atoms with Crippen molar-refractivity contribution in [3.63, 3.8) is 0 Å². The molecule has 0 unspecified atom stereocenters. The Hall–Kier alpha value is -1.17. The van der Waals surface area contributed by atoms with Crippen LogP contribution in [0, 0.1) is 0 Å². The minimum Gasteiger partial charge on any atom is -0.477 e. The van der Waals surface area contributed by atoms with Crippen molar-refractivity contribution in [3.05, 3.63) is 56.2 Å². The van der Waals surface area contributed by atoms with Crippen molar-refractivity contribution >= 4 is 33.2 Å². The first-order valence-corrected chi connectivity index (χ1v) is 7.09. The lowest BCUT2D eigenvalue weighted by Gasteiger charge is -2.05. The number of carboxylic acids is 1. The van der Waals surface area contributed by atoms with Gasteiger partial charge in [0, 0.05) is 17.6 Å². The van der Waals surface area contributed by atoms with Crippen molar-refractivity contribution in [3.8, 4) is 0 Å². The summed E-state index contributed by atoms with van der Waals surface area (Å²) >= 11 is 4.68. The van der Waals surface area contributed by atoms with Crippen LogP contribution in [0.15, 0.2) is 40.2 Å². The van der Waals surface area contributed by atoms with Crippen molar-refractivity contribution < 1.29 is 9.90 Å². The molecule has 0 radical (unpaired) electrons. The van der Waals surface area contributed by atoms with Crippen molar-refractivity contribution in [2.75, 3.05) is 0 Å². The Kier molecular flexibility index (Phi) is 4.52. The minimum atomic E-state index is -0.857. The van der Waals surface area contributed by atoms with Gasteiger partial charge in [-0.3, -0.25) is 0 Å². The minimum absolute atomic E-state index is 0.414. The molecule has 1 aromatic heterocycles. The number of nitrogens with one attached hydrogen (secondary N) is 1. The predicted molar refractivity (Wildman–Crippen MR) is 76.0 cm³/mol. The van der Waals surface area contributed by atoms with Crippen LogP contribution in [-0.4, -0.2) is 11.1 Å². The zero-order chi connectivity index (χ0) is 13.0. The van der Waals surface area contributed by atoms with Crippen molar-refractivity contribution in [2.45, 2.75) is 13.1 Å². The topological polar surface area (TPSA) is 49.3 Å². The van der Waals surface area contributed by atoms with Gasteiger partial charge in [0.25, 0.3) is 0 Å². The normalized spacial score (nSPS) is 10.5. The smallest absolute Gasteiger partial charge is 0.346 e. The zero-order valence-corrected chi connectivity index (χ0v) is 11.9. The van der Waals surface area contributed by atoms with Gasteiger partial charge in [0.2, 0.25) is 0 Å². The van der Waals surface area contributed by atoms with Crippen LogP contribution in [0.1, 0.15) is 20.8 Å².